The van der Waals surface area contributed by atoms with Crippen LogP contribution in [-0.2, 0) is 9.53 Å². The summed E-state index contributed by atoms with van der Waals surface area (Å²) < 4.78 is 5.00. The molecule has 1 aromatic rings. The number of unbranched alkanes of at least 4 members (excludes halogenated alkanes) is 1. The highest BCUT2D eigenvalue weighted by Crippen LogP contribution is 2.15. The summed E-state index contributed by atoms with van der Waals surface area (Å²) in [5, 5.41) is 18.0. The second-order valence-electron chi connectivity index (χ2n) is 3.86. The van der Waals surface area contributed by atoms with Gasteiger partial charge in [0.25, 0.3) is 0 Å². The molecule has 0 radical (unpaired) electrons. The third kappa shape index (κ3) is 3.85. The van der Waals surface area contributed by atoms with E-state index in [2.05, 4.69) is 0 Å². The molecule has 18 heavy (non-hydrogen) atoms. The number of ether oxygens (including phenoxy) is 1. The first-order chi connectivity index (χ1) is 8.56. The molecule has 5 nitrogen and oxygen atoms in total. The Labute approximate surface area is 105 Å². The van der Waals surface area contributed by atoms with Crippen LogP contribution in [0.4, 0.5) is 0 Å². The molecule has 0 aliphatic heterocycles. The van der Waals surface area contributed by atoms with E-state index in [9.17, 15) is 14.7 Å². The lowest BCUT2D eigenvalue weighted by atomic mass is 10.1. The molecule has 0 amide bonds. The third-order valence-corrected chi connectivity index (χ3v) is 2.40. The fourth-order valence-corrected chi connectivity index (χ4v) is 1.37. The van der Waals surface area contributed by atoms with Gasteiger partial charge < -0.3 is 14.9 Å². The topological polar surface area (TPSA) is 83.8 Å². The maximum atomic E-state index is 11.6. The summed E-state index contributed by atoms with van der Waals surface area (Å²) in [4.78, 5) is 22.2. The van der Waals surface area contributed by atoms with E-state index in [1.807, 2.05) is 6.92 Å². The van der Waals surface area contributed by atoms with Gasteiger partial charge in [0.05, 0.1) is 12.2 Å². The Hall–Kier alpha value is -1.88. The fraction of sp³-hybridized carbons (Fsp3) is 0.385. The second-order valence-corrected chi connectivity index (χ2v) is 3.86. The lowest BCUT2D eigenvalue weighted by Gasteiger charge is -2.08. The molecule has 0 heterocycles. The van der Waals surface area contributed by atoms with Crippen LogP contribution in [0.3, 0.4) is 0 Å². The maximum Gasteiger partial charge on any atom is 0.338 e. The molecular weight excluding hydrogens is 236 g/mol. The standard InChI is InChI=1S/C13H16O5/c1-2-3-7-18-13(17)10-6-4-5-9(8-10)11(14)12(15)16/h4-6,8,11,14H,2-3,7H2,1H3,(H,15,16). The Morgan fingerprint density at radius 2 is 2.11 bits per heavy atom. The predicted molar refractivity (Wildman–Crippen MR) is 64.2 cm³/mol. The number of benzene rings is 1. The molecule has 0 saturated carbocycles. The molecule has 0 aliphatic carbocycles. The van der Waals surface area contributed by atoms with Crippen LogP contribution in [0.1, 0.15) is 41.8 Å². The van der Waals surface area contributed by atoms with E-state index in [0.717, 1.165) is 12.8 Å². The number of carboxylic acid groups (broad SMARTS) is 1. The van der Waals surface area contributed by atoms with Crippen LogP contribution in [0.15, 0.2) is 24.3 Å². The summed E-state index contributed by atoms with van der Waals surface area (Å²) >= 11 is 0. The highest BCUT2D eigenvalue weighted by atomic mass is 16.5. The van der Waals surface area contributed by atoms with Gasteiger partial charge in [-0.05, 0) is 24.1 Å². The van der Waals surface area contributed by atoms with Crippen LogP contribution in [-0.4, -0.2) is 28.8 Å². The first-order valence-corrected chi connectivity index (χ1v) is 5.74. The van der Waals surface area contributed by atoms with E-state index in [4.69, 9.17) is 9.84 Å². The van der Waals surface area contributed by atoms with E-state index in [0.29, 0.717) is 6.61 Å². The fourth-order valence-electron chi connectivity index (χ4n) is 1.37. The normalized spacial score (nSPS) is 11.9. The van der Waals surface area contributed by atoms with Gasteiger partial charge in [0, 0.05) is 0 Å². The summed E-state index contributed by atoms with van der Waals surface area (Å²) in [7, 11) is 0. The third-order valence-electron chi connectivity index (χ3n) is 2.40. The Balaban J connectivity index is 2.75. The van der Waals surface area contributed by atoms with Crippen LogP contribution < -0.4 is 0 Å². The van der Waals surface area contributed by atoms with Crippen molar-refractivity contribution < 1.29 is 24.5 Å². The van der Waals surface area contributed by atoms with Gasteiger partial charge >= 0.3 is 11.9 Å². The number of aliphatic carboxylic acids is 1. The zero-order chi connectivity index (χ0) is 13.5. The van der Waals surface area contributed by atoms with Gasteiger partial charge in [0.15, 0.2) is 6.10 Å². The van der Waals surface area contributed by atoms with Gasteiger partial charge in [-0.3, -0.25) is 0 Å². The molecule has 0 spiro atoms. The average molecular weight is 252 g/mol. The number of aliphatic hydroxyl groups excluding tert-OH is 1. The molecule has 0 aliphatic rings. The van der Waals surface area contributed by atoms with Crippen LogP contribution in [0.5, 0.6) is 0 Å². The molecule has 1 aromatic carbocycles. The number of esters is 1. The van der Waals surface area contributed by atoms with E-state index >= 15 is 0 Å². The van der Waals surface area contributed by atoms with E-state index in [1.165, 1.54) is 24.3 Å². The summed E-state index contributed by atoms with van der Waals surface area (Å²) in [6.07, 6.45) is 0.0715. The van der Waals surface area contributed by atoms with Crippen molar-refractivity contribution in [2.24, 2.45) is 0 Å². The van der Waals surface area contributed by atoms with Crippen molar-refractivity contribution in [2.75, 3.05) is 6.61 Å². The molecule has 0 saturated heterocycles. The molecular formula is C13H16O5. The number of hydrogen-bond acceptors (Lipinski definition) is 4. The highest BCUT2D eigenvalue weighted by molar-refractivity contribution is 5.90. The van der Waals surface area contributed by atoms with Gasteiger partial charge in [0.1, 0.15) is 0 Å². The zero-order valence-electron chi connectivity index (χ0n) is 10.1. The second kappa shape index (κ2) is 6.76. The number of carbonyl (C=O) groups is 2. The van der Waals surface area contributed by atoms with Crippen LogP contribution >= 0.6 is 0 Å². The molecule has 5 heteroatoms. The Bertz CT molecular complexity index is 427. The van der Waals surface area contributed by atoms with Gasteiger partial charge in [-0.2, -0.15) is 0 Å². The van der Waals surface area contributed by atoms with Gasteiger partial charge in [-0.1, -0.05) is 25.5 Å². The maximum absolute atomic E-state index is 11.6. The summed E-state index contributed by atoms with van der Waals surface area (Å²) in [6.45, 7) is 2.32. The number of carboxylic acids is 1. The van der Waals surface area contributed by atoms with Crippen molar-refractivity contribution in [3.8, 4) is 0 Å². The van der Waals surface area contributed by atoms with E-state index in [-0.39, 0.29) is 11.1 Å². The highest BCUT2D eigenvalue weighted by Gasteiger charge is 2.17. The minimum absolute atomic E-state index is 0.160. The zero-order valence-corrected chi connectivity index (χ0v) is 10.1. The monoisotopic (exact) mass is 252 g/mol. The minimum atomic E-state index is -1.63. The first-order valence-electron chi connectivity index (χ1n) is 5.74. The molecule has 1 rings (SSSR count). The molecule has 0 fully saturated rings. The van der Waals surface area contributed by atoms with Crippen molar-refractivity contribution >= 4 is 11.9 Å². The largest absolute Gasteiger partial charge is 0.479 e. The Morgan fingerprint density at radius 3 is 2.72 bits per heavy atom. The number of carbonyl (C=O) groups excluding carboxylic acids is 1. The lowest BCUT2D eigenvalue weighted by molar-refractivity contribution is -0.146. The van der Waals surface area contributed by atoms with Crippen LogP contribution in [0, 0.1) is 0 Å². The first kappa shape index (κ1) is 14.2. The average Bonchev–Trinajstić information content (AvgIpc) is 2.38. The van der Waals surface area contributed by atoms with Gasteiger partial charge in [-0.15, -0.1) is 0 Å². The van der Waals surface area contributed by atoms with Crippen molar-refractivity contribution in [3.05, 3.63) is 35.4 Å². The smallest absolute Gasteiger partial charge is 0.338 e. The van der Waals surface area contributed by atoms with E-state index in [1.54, 1.807) is 0 Å². The van der Waals surface area contributed by atoms with Gasteiger partial charge in [0.2, 0.25) is 0 Å². The molecule has 0 bridgehead atoms. The van der Waals surface area contributed by atoms with Gasteiger partial charge in [-0.25, -0.2) is 9.59 Å². The van der Waals surface area contributed by atoms with Crippen LogP contribution in [0.2, 0.25) is 0 Å². The van der Waals surface area contributed by atoms with Crippen molar-refractivity contribution in [2.45, 2.75) is 25.9 Å². The quantitative estimate of drug-likeness (QED) is 0.595. The van der Waals surface area contributed by atoms with Crippen molar-refractivity contribution in [1.82, 2.24) is 0 Å². The van der Waals surface area contributed by atoms with Crippen molar-refractivity contribution in [3.63, 3.8) is 0 Å². The molecule has 98 valence electrons. The molecule has 0 aromatic heterocycles. The summed E-state index contributed by atoms with van der Waals surface area (Å²) in [5.74, 6) is -1.87. The Kier molecular flexibility index (Phi) is 5.32. The predicted octanol–water partition coefficient (Wildman–Crippen LogP) is 1.76. The number of rotatable bonds is 6. The summed E-state index contributed by atoms with van der Waals surface area (Å²) in [6, 6.07) is 5.80. The van der Waals surface area contributed by atoms with E-state index < -0.39 is 18.0 Å². The number of hydrogen-bond donors (Lipinski definition) is 2. The Morgan fingerprint density at radius 1 is 1.39 bits per heavy atom. The van der Waals surface area contributed by atoms with Crippen LogP contribution in [0.25, 0.3) is 0 Å². The van der Waals surface area contributed by atoms with Crippen molar-refractivity contribution in [1.29, 1.82) is 0 Å². The number of aliphatic hydroxyl groups is 1. The molecule has 1 atom stereocenters. The molecule has 2 N–H and O–H groups in total. The minimum Gasteiger partial charge on any atom is -0.479 e. The lowest BCUT2D eigenvalue weighted by Crippen LogP contribution is -2.12. The molecule has 1 unspecified atom stereocenters. The summed E-state index contributed by atoms with van der Waals surface area (Å²) in [5.41, 5.74) is 0.399. The SMILES string of the molecule is CCCCOC(=O)c1cccc(C(O)C(=O)O)c1.